The van der Waals surface area contributed by atoms with Gasteiger partial charge in [0.1, 0.15) is 11.3 Å². The van der Waals surface area contributed by atoms with Crippen molar-refractivity contribution in [3.8, 4) is 0 Å². The first kappa shape index (κ1) is 10.1. The normalized spacial score (nSPS) is 10.8. The third kappa shape index (κ3) is 1.83. The van der Waals surface area contributed by atoms with E-state index in [0.717, 1.165) is 5.39 Å². The maximum absolute atomic E-state index is 10.7. The molecule has 1 aromatic heterocycles. The minimum absolute atomic E-state index is 0.0273. The molecule has 1 aromatic carbocycles. The molecule has 0 radical (unpaired) electrons. The van der Waals surface area contributed by atoms with Crippen LogP contribution < -0.4 is 0 Å². The molecule has 0 aliphatic rings. The monoisotopic (exact) mass is 224 g/mol. The van der Waals surface area contributed by atoms with Gasteiger partial charge in [0.25, 0.3) is 0 Å². The molecule has 1 heterocycles. The van der Waals surface area contributed by atoms with E-state index in [1.807, 2.05) is 0 Å². The molecule has 2 rings (SSSR count). The molecule has 0 fully saturated rings. The third-order valence-electron chi connectivity index (χ3n) is 2.28. The SMILES string of the molecule is Cc1oc2cc(Cl)ccc2c1CC(=O)O. The van der Waals surface area contributed by atoms with Gasteiger partial charge in [-0.05, 0) is 19.1 Å². The van der Waals surface area contributed by atoms with Crippen molar-refractivity contribution in [3.63, 3.8) is 0 Å². The number of aryl methyl sites for hydroxylation is 1. The predicted octanol–water partition coefficient (Wildman–Crippen LogP) is 3.02. The zero-order valence-electron chi connectivity index (χ0n) is 8.08. The van der Waals surface area contributed by atoms with E-state index in [-0.39, 0.29) is 6.42 Å². The lowest BCUT2D eigenvalue weighted by atomic mass is 10.1. The Balaban J connectivity index is 2.63. The number of hydrogen-bond acceptors (Lipinski definition) is 2. The van der Waals surface area contributed by atoms with Crippen LogP contribution in [-0.4, -0.2) is 11.1 Å². The van der Waals surface area contributed by atoms with Crippen molar-refractivity contribution in [2.75, 3.05) is 0 Å². The van der Waals surface area contributed by atoms with Gasteiger partial charge in [0.05, 0.1) is 6.42 Å². The van der Waals surface area contributed by atoms with Gasteiger partial charge >= 0.3 is 5.97 Å². The molecule has 0 amide bonds. The summed E-state index contributed by atoms with van der Waals surface area (Å²) in [5, 5.41) is 10.2. The van der Waals surface area contributed by atoms with Crippen molar-refractivity contribution in [1.82, 2.24) is 0 Å². The van der Waals surface area contributed by atoms with E-state index in [0.29, 0.717) is 21.9 Å². The van der Waals surface area contributed by atoms with E-state index in [1.165, 1.54) is 0 Å². The molecule has 0 saturated heterocycles. The smallest absolute Gasteiger partial charge is 0.307 e. The van der Waals surface area contributed by atoms with Crippen molar-refractivity contribution in [3.05, 3.63) is 34.5 Å². The summed E-state index contributed by atoms with van der Waals surface area (Å²) in [7, 11) is 0. The van der Waals surface area contributed by atoms with Gasteiger partial charge in [0, 0.05) is 22.0 Å². The van der Waals surface area contributed by atoms with Crippen LogP contribution in [0.25, 0.3) is 11.0 Å². The highest BCUT2D eigenvalue weighted by molar-refractivity contribution is 6.31. The molecule has 2 aromatic rings. The quantitative estimate of drug-likeness (QED) is 0.853. The largest absolute Gasteiger partial charge is 0.481 e. The van der Waals surface area contributed by atoms with E-state index >= 15 is 0 Å². The van der Waals surface area contributed by atoms with Gasteiger partial charge in [-0.25, -0.2) is 0 Å². The fourth-order valence-corrected chi connectivity index (χ4v) is 1.78. The van der Waals surface area contributed by atoms with Crippen LogP contribution in [0.3, 0.4) is 0 Å². The average molecular weight is 225 g/mol. The van der Waals surface area contributed by atoms with Crippen molar-refractivity contribution in [2.24, 2.45) is 0 Å². The number of carboxylic acid groups (broad SMARTS) is 1. The molecule has 0 unspecified atom stereocenters. The zero-order chi connectivity index (χ0) is 11.0. The Hall–Kier alpha value is -1.48. The fraction of sp³-hybridized carbons (Fsp3) is 0.182. The molecule has 0 aliphatic carbocycles. The van der Waals surface area contributed by atoms with Crippen LogP contribution in [0.4, 0.5) is 0 Å². The summed E-state index contributed by atoms with van der Waals surface area (Å²) in [6.45, 7) is 1.76. The average Bonchev–Trinajstić information content (AvgIpc) is 2.41. The summed E-state index contributed by atoms with van der Waals surface area (Å²) >= 11 is 5.81. The lowest BCUT2D eigenvalue weighted by Gasteiger charge is -1.94. The van der Waals surface area contributed by atoms with E-state index in [9.17, 15) is 4.79 Å². The van der Waals surface area contributed by atoms with Crippen LogP contribution in [0.5, 0.6) is 0 Å². The molecule has 0 aliphatic heterocycles. The number of carbonyl (C=O) groups is 1. The van der Waals surface area contributed by atoms with E-state index < -0.39 is 5.97 Å². The van der Waals surface area contributed by atoms with E-state index in [2.05, 4.69) is 0 Å². The highest BCUT2D eigenvalue weighted by Gasteiger charge is 2.13. The van der Waals surface area contributed by atoms with Gasteiger partial charge in [0.15, 0.2) is 0 Å². The maximum Gasteiger partial charge on any atom is 0.307 e. The second kappa shape index (κ2) is 3.59. The molecule has 0 saturated carbocycles. The summed E-state index contributed by atoms with van der Waals surface area (Å²) in [5.74, 6) is -0.231. The first-order valence-electron chi connectivity index (χ1n) is 4.47. The summed E-state index contributed by atoms with van der Waals surface area (Å²) in [6.07, 6.45) is -0.0273. The number of halogens is 1. The highest BCUT2D eigenvalue weighted by atomic mass is 35.5. The Morgan fingerprint density at radius 1 is 1.53 bits per heavy atom. The Bertz CT molecular complexity index is 528. The van der Waals surface area contributed by atoms with Gasteiger partial charge in [-0.2, -0.15) is 0 Å². The van der Waals surface area contributed by atoms with Crippen LogP contribution in [0.15, 0.2) is 22.6 Å². The summed E-state index contributed by atoms with van der Waals surface area (Å²) < 4.78 is 5.43. The van der Waals surface area contributed by atoms with Crippen LogP contribution in [-0.2, 0) is 11.2 Å². The topological polar surface area (TPSA) is 50.4 Å². The Morgan fingerprint density at radius 2 is 2.27 bits per heavy atom. The van der Waals surface area contributed by atoms with Crippen molar-refractivity contribution < 1.29 is 14.3 Å². The summed E-state index contributed by atoms with van der Waals surface area (Å²) in [5.41, 5.74) is 1.35. The minimum atomic E-state index is -0.865. The van der Waals surface area contributed by atoms with Gasteiger partial charge in [-0.3, -0.25) is 4.79 Å². The number of rotatable bonds is 2. The molecule has 1 N–H and O–H groups in total. The Labute approximate surface area is 91.3 Å². The maximum atomic E-state index is 10.7. The Morgan fingerprint density at radius 3 is 2.93 bits per heavy atom. The van der Waals surface area contributed by atoms with Crippen LogP contribution in [0, 0.1) is 6.92 Å². The molecule has 4 heteroatoms. The van der Waals surface area contributed by atoms with E-state index in [4.69, 9.17) is 21.1 Å². The highest BCUT2D eigenvalue weighted by Crippen LogP contribution is 2.28. The second-order valence-electron chi connectivity index (χ2n) is 3.35. The second-order valence-corrected chi connectivity index (χ2v) is 3.78. The number of fused-ring (bicyclic) bond motifs is 1. The lowest BCUT2D eigenvalue weighted by Crippen LogP contribution is -2.00. The third-order valence-corrected chi connectivity index (χ3v) is 2.52. The molecular formula is C11H9ClO3. The minimum Gasteiger partial charge on any atom is -0.481 e. The number of aliphatic carboxylic acids is 1. The van der Waals surface area contributed by atoms with Crippen molar-refractivity contribution in [1.29, 1.82) is 0 Å². The van der Waals surface area contributed by atoms with Crippen LogP contribution >= 0.6 is 11.6 Å². The molecule has 3 nitrogen and oxygen atoms in total. The van der Waals surface area contributed by atoms with Gasteiger partial charge < -0.3 is 9.52 Å². The summed E-state index contributed by atoms with van der Waals surface area (Å²) in [6, 6.07) is 5.20. The van der Waals surface area contributed by atoms with Crippen molar-refractivity contribution in [2.45, 2.75) is 13.3 Å². The first-order valence-corrected chi connectivity index (χ1v) is 4.85. The lowest BCUT2D eigenvalue weighted by molar-refractivity contribution is -0.136. The van der Waals surface area contributed by atoms with Crippen LogP contribution in [0.1, 0.15) is 11.3 Å². The van der Waals surface area contributed by atoms with E-state index in [1.54, 1.807) is 25.1 Å². The molecule has 15 heavy (non-hydrogen) atoms. The fourth-order valence-electron chi connectivity index (χ4n) is 1.62. The predicted molar refractivity (Wildman–Crippen MR) is 57.3 cm³/mol. The molecular weight excluding hydrogens is 216 g/mol. The number of hydrogen-bond donors (Lipinski definition) is 1. The molecule has 78 valence electrons. The number of benzene rings is 1. The molecule has 0 atom stereocenters. The first-order chi connectivity index (χ1) is 7.08. The molecule has 0 spiro atoms. The van der Waals surface area contributed by atoms with Gasteiger partial charge in [-0.1, -0.05) is 11.6 Å². The summed E-state index contributed by atoms with van der Waals surface area (Å²) in [4.78, 5) is 10.7. The Kier molecular flexibility index (Phi) is 2.40. The van der Waals surface area contributed by atoms with Crippen LogP contribution in [0.2, 0.25) is 5.02 Å². The molecule has 0 bridgehead atoms. The van der Waals surface area contributed by atoms with Gasteiger partial charge in [0.2, 0.25) is 0 Å². The number of carboxylic acids is 1. The standard InChI is InChI=1S/C11H9ClO3/c1-6-9(5-11(13)14)8-3-2-7(12)4-10(8)15-6/h2-4H,5H2,1H3,(H,13,14). The number of furan rings is 1. The van der Waals surface area contributed by atoms with Gasteiger partial charge in [-0.15, -0.1) is 0 Å². The van der Waals surface area contributed by atoms with Crippen molar-refractivity contribution >= 4 is 28.5 Å². The zero-order valence-corrected chi connectivity index (χ0v) is 8.84.